The molecule has 0 aromatic heterocycles. The van der Waals surface area contributed by atoms with Gasteiger partial charge < -0.3 is 5.32 Å². The van der Waals surface area contributed by atoms with Crippen molar-refractivity contribution in [1.82, 2.24) is 0 Å². The molecule has 0 heterocycles. The summed E-state index contributed by atoms with van der Waals surface area (Å²) in [6.07, 6.45) is 0. The number of hydrogen-bond acceptors (Lipinski definition) is 2. The Balaban J connectivity index is 2.64. The molecule has 0 aliphatic rings. The van der Waals surface area contributed by atoms with Gasteiger partial charge in [0.15, 0.2) is 0 Å². The van der Waals surface area contributed by atoms with Crippen LogP contribution in [0.4, 0.5) is 5.69 Å². The average molecular weight is 321 g/mol. The van der Waals surface area contributed by atoms with E-state index in [9.17, 15) is 0 Å². The molecule has 0 bridgehead atoms. The summed E-state index contributed by atoms with van der Waals surface area (Å²) in [6.45, 7) is 2.55. The van der Waals surface area contributed by atoms with E-state index in [1.807, 2.05) is 25.1 Å². The van der Waals surface area contributed by atoms with Crippen LogP contribution in [0.25, 0.3) is 0 Å². The zero-order valence-electron chi connectivity index (χ0n) is 7.72. The van der Waals surface area contributed by atoms with Gasteiger partial charge in [-0.3, -0.25) is 0 Å². The monoisotopic (exact) mass is 320 g/mol. The van der Waals surface area contributed by atoms with Gasteiger partial charge in [0.25, 0.3) is 0 Å². The zero-order valence-corrected chi connectivity index (χ0v) is 10.6. The van der Waals surface area contributed by atoms with Gasteiger partial charge in [-0.15, -0.1) is 0 Å². The highest BCUT2D eigenvalue weighted by atomic mass is 127. The van der Waals surface area contributed by atoms with E-state index in [0.717, 1.165) is 14.3 Å². The van der Waals surface area contributed by atoms with Crippen LogP contribution in [0, 0.1) is 20.8 Å². The second-order valence-corrected chi connectivity index (χ2v) is 4.63. The first-order chi connectivity index (χ1) is 6.63. The van der Waals surface area contributed by atoms with Crippen LogP contribution in [-0.4, -0.2) is 6.54 Å². The molecule has 1 aromatic carbocycles. The molecular weight excluding hydrogens is 310 g/mol. The van der Waals surface area contributed by atoms with Crippen molar-refractivity contribution >= 4 is 39.9 Å². The van der Waals surface area contributed by atoms with Crippen LogP contribution in [0.15, 0.2) is 18.2 Å². The summed E-state index contributed by atoms with van der Waals surface area (Å²) in [4.78, 5) is 0. The second-order valence-electron chi connectivity index (χ2n) is 3.04. The highest BCUT2D eigenvalue weighted by Gasteiger charge is 2.02. The molecule has 1 N–H and O–H groups in total. The third-order valence-electron chi connectivity index (χ3n) is 1.75. The van der Waals surface area contributed by atoms with Gasteiger partial charge in [-0.1, -0.05) is 11.6 Å². The van der Waals surface area contributed by atoms with Gasteiger partial charge in [-0.05, 0) is 47.7 Å². The minimum Gasteiger partial charge on any atom is -0.383 e. The van der Waals surface area contributed by atoms with Crippen molar-refractivity contribution in [2.24, 2.45) is 5.92 Å². The van der Waals surface area contributed by atoms with E-state index in [4.69, 9.17) is 16.9 Å². The number of nitriles is 1. The van der Waals surface area contributed by atoms with Crippen molar-refractivity contribution in [2.45, 2.75) is 6.92 Å². The lowest BCUT2D eigenvalue weighted by molar-refractivity contribution is 0.786. The Morgan fingerprint density at radius 1 is 1.64 bits per heavy atom. The highest BCUT2D eigenvalue weighted by molar-refractivity contribution is 14.1. The van der Waals surface area contributed by atoms with Crippen LogP contribution in [-0.2, 0) is 0 Å². The van der Waals surface area contributed by atoms with E-state index in [-0.39, 0.29) is 5.92 Å². The number of nitrogens with zero attached hydrogens (tertiary/aromatic N) is 1. The predicted molar refractivity (Wildman–Crippen MR) is 67.4 cm³/mol. The number of hydrogen-bond donors (Lipinski definition) is 1. The van der Waals surface area contributed by atoms with Crippen LogP contribution in [0.1, 0.15) is 6.92 Å². The van der Waals surface area contributed by atoms with E-state index in [0.29, 0.717) is 6.54 Å². The summed E-state index contributed by atoms with van der Waals surface area (Å²) in [5, 5.41) is 12.5. The number of rotatable bonds is 3. The molecule has 0 aliphatic carbocycles. The quantitative estimate of drug-likeness (QED) is 0.865. The number of nitrogens with one attached hydrogen (secondary N) is 1. The molecule has 0 spiro atoms. The Labute approximate surface area is 102 Å². The van der Waals surface area contributed by atoms with Gasteiger partial charge in [-0.2, -0.15) is 5.26 Å². The first-order valence-corrected chi connectivity index (χ1v) is 5.67. The first-order valence-electron chi connectivity index (χ1n) is 4.22. The molecule has 0 amide bonds. The number of benzene rings is 1. The van der Waals surface area contributed by atoms with E-state index < -0.39 is 0 Å². The Kier molecular flexibility index (Phi) is 4.49. The van der Waals surface area contributed by atoms with Crippen LogP contribution >= 0.6 is 34.2 Å². The second kappa shape index (κ2) is 5.42. The molecule has 4 heteroatoms. The van der Waals surface area contributed by atoms with Gasteiger partial charge in [0.05, 0.1) is 12.0 Å². The van der Waals surface area contributed by atoms with Crippen molar-refractivity contribution < 1.29 is 0 Å². The standard InChI is InChI=1S/C10H10ClIN2/c1-7(5-13)6-14-10-3-2-8(11)4-9(10)12/h2-4,7,14H,6H2,1H3. The fourth-order valence-corrected chi connectivity index (χ4v) is 2.00. The molecule has 0 saturated heterocycles. The minimum atomic E-state index is 0.0153. The predicted octanol–water partition coefficient (Wildman–Crippen LogP) is 3.52. The Morgan fingerprint density at radius 2 is 2.36 bits per heavy atom. The third kappa shape index (κ3) is 3.35. The van der Waals surface area contributed by atoms with E-state index in [1.54, 1.807) is 0 Å². The van der Waals surface area contributed by atoms with Gasteiger partial charge >= 0.3 is 0 Å². The van der Waals surface area contributed by atoms with Crippen molar-refractivity contribution in [3.63, 3.8) is 0 Å². The molecular formula is C10H10ClIN2. The minimum absolute atomic E-state index is 0.0153. The molecule has 1 atom stereocenters. The molecule has 1 aromatic rings. The molecule has 0 fully saturated rings. The van der Waals surface area contributed by atoms with Crippen molar-refractivity contribution in [3.8, 4) is 6.07 Å². The van der Waals surface area contributed by atoms with Crippen molar-refractivity contribution in [2.75, 3.05) is 11.9 Å². The Bertz CT molecular complexity index is 360. The van der Waals surface area contributed by atoms with Crippen LogP contribution in [0.2, 0.25) is 5.02 Å². The van der Waals surface area contributed by atoms with Gasteiger partial charge in [0.1, 0.15) is 0 Å². The van der Waals surface area contributed by atoms with E-state index in [2.05, 4.69) is 34.0 Å². The van der Waals surface area contributed by atoms with Crippen LogP contribution in [0.3, 0.4) is 0 Å². The molecule has 74 valence electrons. The van der Waals surface area contributed by atoms with E-state index in [1.165, 1.54) is 0 Å². The summed E-state index contributed by atoms with van der Waals surface area (Å²) < 4.78 is 1.07. The summed E-state index contributed by atoms with van der Waals surface area (Å²) in [6, 6.07) is 7.83. The smallest absolute Gasteiger partial charge is 0.0671 e. The molecule has 2 nitrogen and oxygen atoms in total. The molecule has 0 radical (unpaired) electrons. The lowest BCUT2D eigenvalue weighted by Gasteiger charge is -2.09. The zero-order chi connectivity index (χ0) is 10.6. The lowest BCUT2D eigenvalue weighted by Crippen LogP contribution is -2.10. The van der Waals surface area contributed by atoms with Gasteiger partial charge in [0, 0.05) is 20.8 Å². The maximum atomic E-state index is 8.61. The topological polar surface area (TPSA) is 35.8 Å². The Morgan fingerprint density at radius 3 is 2.93 bits per heavy atom. The normalized spacial score (nSPS) is 11.9. The fourth-order valence-electron chi connectivity index (χ4n) is 0.942. The van der Waals surface area contributed by atoms with Crippen molar-refractivity contribution in [1.29, 1.82) is 5.26 Å². The lowest BCUT2D eigenvalue weighted by atomic mass is 10.2. The maximum Gasteiger partial charge on any atom is 0.0671 e. The molecule has 0 saturated carbocycles. The Hall–Kier alpha value is -0.470. The number of halogens is 2. The summed E-state index contributed by atoms with van der Waals surface area (Å²) in [5.41, 5.74) is 1.03. The first kappa shape index (κ1) is 11.6. The molecule has 1 rings (SSSR count). The van der Waals surface area contributed by atoms with Gasteiger partial charge in [-0.25, -0.2) is 0 Å². The maximum absolute atomic E-state index is 8.61. The van der Waals surface area contributed by atoms with Crippen molar-refractivity contribution in [3.05, 3.63) is 26.8 Å². The number of anilines is 1. The van der Waals surface area contributed by atoms with E-state index >= 15 is 0 Å². The summed E-state index contributed by atoms with van der Waals surface area (Å²) in [7, 11) is 0. The van der Waals surface area contributed by atoms with Crippen LogP contribution < -0.4 is 5.32 Å². The molecule has 1 unspecified atom stereocenters. The largest absolute Gasteiger partial charge is 0.383 e. The SMILES string of the molecule is CC(C#N)CNc1ccc(Cl)cc1I. The third-order valence-corrected chi connectivity index (χ3v) is 2.88. The summed E-state index contributed by atoms with van der Waals surface area (Å²) >= 11 is 8.04. The van der Waals surface area contributed by atoms with Crippen LogP contribution in [0.5, 0.6) is 0 Å². The summed E-state index contributed by atoms with van der Waals surface area (Å²) in [5.74, 6) is 0.0153. The fraction of sp³-hybridized carbons (Fsp3) is 0.300. The molecule has 14 heavy (non-hydrogen) atoms. The molecule has 0 aliphatic heterocycles. The average Bonchev–Trinajstić information content (AvgIpc) is 2.16. The van der Waals surface area contributed by atoms with Gasteiger partial charge in [0.2, 0.25) is 0 Å². The highest BCUT2D eigenvalue weighted by Crippen LogP contribution is 2.22.